The zero-order chi connectivity index (χ0) is 20.3. The fourth-order valence-electron chi connectivity index (χ4n) is 3.97. The summed E-state index contributed by atoms with van der Waals surface area (Å²) in [5.74, 6) is -0.309. The molecule has 1 aliphatic heterocycles. The molecule has 0 amide bonds. The minimum atomic E-state index is -0.309. The van der Waals surface area contributed by atoms with Gasteiger partial charge in [-0.15, -0.1) is 11.3 Å². The number of carbonyl (C=O) groups excluding carboxylic acids is 1. The molecule has 0 saturated carbocycles. The van der Waals surface area contributed by atoms with E-state index in [4.69, 9.17) is 17.0 Å². The van der Waals surface area contributed by atoms with Gasteiger partial charge in [-0.1, -0.05) is 30.3 Å². The highest BCUT2D eigenvalue weighted by Gasteiger charge is 2.29. The Labute approximate surface area is 176 Å². The monoisotopic (exact) mass is 416 g/mol. The number of benzene rings is 1. The van der Waals surface area contributed by atoms with Crippen molar-refractivity contribution in [2.75, 3.05) is 11.9 Å². The summed E-state index contributed by atoms with van der Waals surface area (Å²) in [7, 11) is 0. The first kappa shape index (κ1) is 20.8. The van der Waals surface area contributed by atoms with Crippen molar-refractivity contribution in [2.24, 2.45) is 0 Å². The van der Waals surface area contributed by atoms with Crippen LogP contribution in [0.5, 0.6) is 0 Å². The molecule has 150 valence electrons. The van der Waals surface area contributed by atoms with E-state index in [0.29, 0.717) is 29.4 Å². The highest BCUT2D eigenvalue weighted by atomic mass is 32.1. The Morgan fingerprint density at radius 2 is 1.89 bits per heavy atom. The van der Waals surface area contributed by atoms with Gasteiger partial charge in [0, 0.05) is 22.5 Å². The van der Waals surface area contributed by atoms with Gasteiger partial charge in [-0.05, 0) is 64.7 Å². The Hall–Kier alpha value is -1.92. The van der Waals surface area contributed by atoms with Gasteiger partial charge in [0.1, 0.15) is 10.6 Å². The van der Waals surface area contributed by atoms with E-state index in [1.54, 1.807) is 11.3 Å². The smallest absolute Gasteiger partial charge is 0.341 e. The maximum absolute atomic E-state index is 12.8. The average molecular weight is 417 g/mol. The van der Waals surface area contributed by atoms with Crippen molar-refractivity contribution in [3.8, 4) is 11.1 Å². The highest BCUT2D eigenvalue weighted by molar-refractivity contribution is 7.80. The lowest BCUT2D eigenvalue weighted by Gasteiger charge is -2.40. The first-order valence-electron chi connectivity index (χ1n) is 9.89. The van der Waals surface area contributed by atoms with Crippen molar-refractivity contribution < 1.29 is 9.53 Å². The molecule has 2 aromatic rings. The molecule has 1 fully saturated rings. The minimum absolute atomic E-state index is 0.309. The van der Waals surface area contributed by atoms with E-state index in [1.165, 1.54) is 6.42 Å². The standard InChI is InChI=1S/C22H28N2O2S2/c1-5-26-21(25)19-18(17-12-7-6-8-13-17)16(4)28-20(19)23-22(27)24-14(2)10-9-11-15(24)3/h6-8,12-15H,5,9-11H2,1-4H3,(H,23,27). The summed E-state index contributed by atoms with van der Waals surface area (Å²) < 4.78 is 5.38. The molecule has 1 aromatic carbocycles. The Balaban J connectivity index is 1.99. The van der Waals surface area contributed by atoms with Crippen LogP contribution in [0.25, 0.3) is 11.1 Å². The van der Waals surface area contributed by atoms with Crippen LogP contribution >= 0.6 is 23.6 Å². The van der Waals surface area contributed by atoms with Crippen molar-refractivity contribution in [3.63, 3.8) is 0 Å². The predicted octanol–water partition coefficient (Wildman–Crippen LogP) is 5.86. The molecule has 0 bridgehead atoms. The molecule has 28 heavy (non-hydrogen) atoms. The van der Waals surface area contributed by atoms with Crippen LogP contribution < -0.4 is 5.32 Å². The largest absolute Gasteiger partial charge is 0.462 e. The molecule has 2 unspecified atom stereocenters. The van der Waals surface area contributed by atoms with Crippen LogP contribution in [0.1, 0.15) is 55.3 Å². The summed E-state index contributed by atoms with van der Waals surface area (Å²) in [6.07, 6.45) is 3.50. The molecule has 1 saturated heterocycles. The van der Waals surface area contributed by atoms with Crippen molar-refractivity contribution in [3.05, 3.63) is 40.8 Å². The Bertz CT molecular complexity index is 838. The third-order valence-corrected chi connectivity index (χ3v) is 6.61. The zero-order valence-corrected chi connectivity index (χ0v) is 18.6. The minimum Gasteiger partial charge on any atom is -0.462 e. The van der Waals surface area contributed by atoms with Crippen LogP contribution in [-0.4, -0.2) is 34.7 Å². The number of rotatable bonds is 4. The van der Waals surface area contributed by atoms with Crippen LogP contribution in [0.4, 0.5) is 5.00 Å². The molecular weight excluding hydrogens is 388 g/mol. The van der Waals surface area contributed by atoms with E-state index in [1.807, 2.05) is 44.2 Å². The molecule has 6 heteroatoms. The number of likely N-dealkylation sites (tertiary alicyclic amines) is 1. The molecular formula is C22H28N2O2S2. The topological polar surface area (TPSA) is 41.6 Å². The molecule has 1 aromatic heterocycles. The lowest BCUT2D eigenvalue weighted by atomic mass is 9.98. The van der Waals surface area contributed by atoms with E-state index in [9.17, 15) is 4.79 Å². The fraction of sp³-hybridized carbons (Fsp3) is 0.455. The maximum Gasteiger partial charge on any atom is 0.341 e. The van der Waals surface area contributed by atoms with Gasteiger partial charge in [-0.2, -0.15) is 0 Å². The molecule has 2 atom stereocenters. The van der Waals surface area contributed by atoms with Crippen LogP contribution in [0.2, 0.25) is 0 Å². The number of nitrogens with one attached hydrogen (secondary N) is 1. The summed E-state index contributed by atoms with van der Waals surface area (Å²) in [5.41, 5.74) is 2.52. The van der Waals surface area contributed by atoms with E-state index in [0.717, 1.165) is 33.8 Å². The van der Waals surface area contributed by atoms with Gasteiger partial charge < -0.3 is 15.0 Å². The Morgan fingerprint density at radius 3 is 2.50 bits per heavy atom. The van der Waals surface area contributed by atoms with Gasteiger partial charge in [0.25, 0.3) is 0 Å². The SMILES string of the molecule is CCOC(=O)c1c(NC(=S)N2C(C)CCCC2C)sc(C)c1-c1ccccc1. The summed E-state index contributed by atoms with van der Waals surface area (Å²) >= 11 is 7.32. The lowest BCUT2D eigenvalue weighted by molar-refractivity contribution is 0.0529. The number of anilines is 1. The number of nitrogens with zero attached hydrogens (tertiary/aromatic N) is 1. The van der Waals surface area contributed by atoms with E-state index < -0.39 is 0 Å². The van der Waals surface area contributed by atoms with E-state index in [-0.39, 0.29) is 5.97 Å². The first-order valence-corrected chi connectivity index (χ1v) is 11.1. The van der Waals surface area contributed by atoms with E-state index >= 15 is 0 Å². The van der Waals surface area contributed by atoms with Crippen molar-refractivity contribution in [1.82, 2.24) is 4.90 Å². The van der Waals surface area contributed by atoms with Gasteiger partial charge >= 0.3 is 5.97 Å². The Morgan fingerprint density at radius 1 is 1.25 bits per heavy atom. The van der Waals surface area contributed by atoms with Crippen molar-refractivity contribution in [1.29, 1.82) is 0 Å². The number of esters is 1. The first-order chi connectivity index (χ1) is 13.4. The number of aryl methyl sites for hydroxylation is 1. The van der Waals surface area contributed by atoms with Gasteiger partial charge in [0.2, 0.25) is 0 Å². The number of carbonyl (C=O) groups is 1. The number of thiophene rings is 1. The average Bonchev–Trinajstić information content (AvgIpc) is 2.98. The third-order valence-electron chi connectivity index (χ3n) is 5.27. The summed E-state index contributed by atoms with van der Waals surface area (Å²) in [4.78, 5) is 16.2. The molecule has 1 N–H and O–H groups in total. The summed E-state index contributed by atoms with van der Waals surface area (Å²) in [6.45, 7) is 8.63. The quantitative estimate of drug-likeness (QED) is 0.499. The number of hydrogen-bond donors (Lipinski definition) is 1. The second kappa shape index (κ2) is 9.05. The maximum atomic E-state index is 12.8. The van der Waals surface area contributed by atoms with Crippen LogP contribution in [0.3, 0.4) is 0 Å². The Kier molecular flexibility index (Phi) is 6.73. The van der Waals surface area contributed by atoms with E-state index in [2.05, 4.69) is 24.1 Å². The normalized spacial score (nSPS) is 19.4. The number of thiocarbonyl (C=S) groups is 1. The van der Waals surface area contributed by atoms with Crippen LogP contribution in [0, 0.1) is 6.92 Å². The molecule has 3 rings (SSSR count). The molecule has 0 aliphatic carbocycles. The highest BCUT2D eigenvalue weighted by Crippen LogP contribution is 2.40. The third kappa shape index (κ3) is 4.23. The molecule has 0 spiro atoms. The van der Waals surface area contributed by atoms with Gasteiger partial charge in [-0.3, -0.25) is 0 Å². The number of ether oxygens (including phenoxy) is 1. The second-order valence-electron chi connectivity index (χ2n) is 7.29. The summed E-state index contributed by atoms with van der Waals surface area (Å²) in [6, 6.07) is 10.8. The molecule has 1 aliphatic rings. The van der Waals surface area contributed by atoms with Gasteiger partial charge in [-0.25, -0.2) is 4.79 Å². The van der Waals surface area contributed by atoms with Crippen molar-refractivity contribution >= 4 is 39.6 Å². The zero-order valence-electron chi connectivity index (χ0n) is 17.0. The van der Waals surface area contributed by atoms with Crippen LogP contribution in [0.15, 0.2) is 30.3 Å². The second-order valence-corrected chi connectivity index (χ2v) is 8.90. The fourth-order valence-corrected chi connectivity index (χ4v) is 5.56. The van der Waals surface area contributed by atoms with Gasteiger partial charge in [0.15, 0.2) is 5.11 Å². The van der Waals surface area contributed by atoms with Crippen LogP contribution in [-0.2, 0) is 4.74 Å². The number of piperidine rings is 1. The lowest BCUT2D eigenvalue weighted by Crippen LogP contribution is -2.49. The molecule has 2 heterocycles. The molecule has 4 nitrogen and oxygen atoms in total. The predicted molar refractivity (Wildman–Crippen MR) is 121 cm³/mol. The number of hydrogen-bond acceptors (Lipinski definition) is 4. The van der Waals surface area contributed by atoms with Crippen molar-refractivity contribution in [2.45, 2.75) is 59.0 Å². The van der Waals surface area contributed by atoms with Gasteiger partial charge in [0.05, 0.1) is 6.61 Å². The molecule has 0 radical (unpaired) electrons. The summed E-state index contributed by atoms with van der Waals surface area (Å²) in [5, 5.41) is 4.84.